The Morgan fingerprint density at radius 2 is 1.92 bits per heavy atom. The number of halogens is 1. The quantitative estimate of drug-likeness (QED) is 0.386. The van der Waals surface area contributed by atoms with Gasteiger partial charge < -0.3 is 20.1 Å². The van der Waals surface area contributed by atoms with E-state index in [1.165, 1.54) is 12.0 Å². The molecule has 0 bridgehead atoms. The van der Waals surface area contributed by atoms with Gasteiger partial charge in [-0.15, -0.1) is 0 Å². The molecule has 0 saturated heterocycles. The average Bonchev–Trinajstić information content (AvgIpc) is 2.59. The molecule has 1 fully saturated rings. The van der Waals surface area contributed by atoms with Gasteiger partial charge in [0.1, 0.15) is 5.82 Å². The van der Waals surface area contributed by atoms with Crippen LogP contribution in [0.15, 0.2) is 29.3 Å². The molecule has 6 heteroatoms. The van der Waals surface area contributed by atoms with Gasteiger partial charge in [0.25, 0.3) is 0 Å². The van der Waals surface area contributed by atoms with E-state index in [9.17, 15) is 4.39 Å². The van der Waals surface area contributed by atoms with E-state index in [-0.39, 0.29) is 11.2 Å². The maximum atomic E-state index is 13.2. The zero-order valence-corrected chi connectivity index (χ0v) is 15.3. The van der Waals surface area contributed by atoms with Crippen molar-refractivity contribution in [3.8, 4) is 0 Å². The predicted octanol–water partition coefficient (Wildman–Crippen LogP) is 2.47. The summed E-state index contributed by atoms with van der Waals surface area (Å²) in [5.41, 5.74) is 1.30. The number of benzene rings is 1. The molecule has 1 aliphatic rings. The SMILES string of the molecule is CN=C(NCCCOCCOC)NCC1(c2ccc(F)cc2)CCC1. The fourth-order valence-corrected chi connectivity index (χ4v) is 3.07. The Balaban J connectivity index is 1.73. The number of nitrogens with zero attached hydrogens (tertiary/aromatic N) is 1. The third-order valence-electron chi connectivity index (χ3n) is 4.77. The summed E-state index contributed by atoms with van der Waals surface area (Å²) in [7, 11) is 3.44. The monoisotopic (exact) mass is 351 g/mol. The molecule has 5 nitrogen and oxygen atoms in total. The minimum atomic E-state index is -0.184. The normalized spacial score (nSPS) is 16.4. The number of hydrogen-bond acceptors (Lipinski definition) is 3. The van der Waals surface area contributed by atoms with Crippen molar-refractivity contribution in [2.24, 2.45) is 4.99 Å². The predicted molar refractivity (Wildman–Crippen MR) is 98.6 cm³/mol. The maximum Gasteiger partial charge on any atom is 0.191 e. The van der Waals surface area contributed by atoms with Crippen molar-refractivity contribution in [2.45, 2.75) is 31.1 Å². The summed E-state index contributed by atoms with van der Waals surface area (Å²) in [5.74, 6) is 0.613. The Morgan fingerprint density at radius 1 is 1.16 bits per heavy atom. The lowest BCUT2D eigenvalue weighted by molar-refractivity contribution is 0.0698. The largest absolute Gasteiger partial charge is 0.382 e. The first-order valence-electron chi connectivity index (χ1n) is 8.97. The topological polar surface area (TPSA) is 54.9 Å². The van der Waals surface area contributed by atoms with Crippen molar-refractivity contribution in [1.82, 2.24) is 10.6 Å². The van der Waals surface area contributed by atoms with E-state index < -0.39 is 0 Å². The van der Waals surface area contributed by atoms with Crippen LogP contribution in [0.2, 0.25) is 0 Å². The summed E-state index contributed by atoms with van der Waals surface area (Å²) < 4.78 is 23.6. The molecule has 0 amide bonds. The van der Waals surface area contributed by atoms with Crippen molar-refractivity contribution in [1.29, 1.82) is 0 Å². The number of guanidine groups is 1. The third-order valence-corrected chi connectivity index (χ3v) is 4.77. The number of ether oxygens (including phenoxy) is 2. The summed E-state index contributed by atoms with van der Waals surface area (Å²) in [6.45, 7) is 3.57. The highest BCUT2D eigenvalue weighted by atomic mass is 19.1. The molecule has 0 aromatic heterocycles. The molecule has 140 valence electrons. The van der Waals surface area contributed by atoms with E-state index >= 15 is 0 Å². The van der Waals surface area contributed by atoms with Gasteiger partial charge >= 0.3 is 0 Å². The van der Waals surface area contributed by atoms with Crippen LogP contribution in [-0.2, 0) is 14.9 Å². The Kier molecular flexibility index (Phi) is 8.15. The summed E-state index contributed by atoms with van der Waals surface area (Å²) in [4.78, 5) is 4.28. The summed E-state index contributed by atoms with van der Waals surface area (Å²) in [5, 5.41) is 6.73. The van der Waals surface area contributed by atoms with Crippen LogP contribution in [-0.4, -0.2) is 53.0 Å². The molecule has 0 heterocycles. The van der Waals surface area contributed by atoms with Crippen LogP contribution in [0.5, 0.6) is 0 Å². The Morgan fingerprint density at radius 3 is 2.52 bits per heavy atom. The summed E-state index contributed by atoms with van der Waals surface area (Å²) in [6.07, 6.45) is 4.36. The van der Waals surface area contributed by atoms with Gasteiger partial charge in [-0.25, -0.2) is 4.39 Å². The molecule has 0 aliphatic heterocycles. The van der Waals surface area contributed by atoms with E-state index in [1.54, 1.807) is 26.3 Å². The fourth-order valence-electron chi connectivity index (χ4n) is 3.07. The van der Waals surface area contributed by atoms with Crippen molar-refractivity contribution in [3.05, 3.63) is 35.6 Å². The molecular formula is C19H30FN3O2. The highest BCUT2D eigenvalue weighted by molar-refractivity contribution is 5.79. The molecular weight excluding hydrogens is 321 g/mol. The second-order valence-corrected chi connectivity index (χ2v) is 6.45. The van der Waals surface area contributed by atoms with Gasteiger partial charge in [-0.1, -0.05) is 18.6 Å². The second kappa shape index (κ2) is 10.4. The van der Waals surface area contributed by atoms with Crippen LogP contribution < -0.4 is 10.6 Å². The Labute approximate surface area is 150 Å². The van der Waals surface area contributed by atoms with E-state index in [2.05, 4.69) is 15.6 Å². The minimum absolute atomic E-state index is 0.0918. The third kappa shape index (κ3) is 5.97. The van der Waals surface area contributed by atoms with Crippen LogP contribution in [0.4, 0.5) is 4.39 Å². The van der Waals surface area contributed by atoms with Gasteiger partial charge in [0.2, 0.25) is 0 Å². The number of hydrogen-bond donors (Lipinski definition) is 2. The highest BCUT2D eigenvalue weighted by Gasteiger charge is 2.38. The molecule has 2 rings (SSSR count). The zero-order valence-electron chi connectivity index (χ0n) is 15.3. The molecule has 1 saturated carbocycles. The van der Waals surface area contributed by atoms with Crippen molar-refractivity contribution in [2.75, 3.05) is 47.1 Å². The smallest absolute Gasteiger partial charge is 0.191 e. The van der Waals surface area contributed by atoms with Crippen LogP contribution in [0.1, 0.15) is 31.2 Å². The molecule has 0 atom stereocenters. The fraction of sp³-hybridized carbons (Fsp3) is 0.632. The zero-order chi connectivity index (χ0) is 18.0. The molecule has 1 aromatic carbocycles. The number of nitrogens with one attached hydrogen (secondary N) is 2. The lowest BCUT2D eigenvalue weighted by atomic mass is 9.64. The van der Waals surface area contributed by atoms with E-state index in [4.69, 9.17) is 9.47 Å². The van der Waals surface area contributed by atoms with Crippen molar-refractivity contribution < 1.29 is 13.9 Å². The molecule has 2 N–H and O–H groups in total. The summed E-state index contributed by atoms with van der Waals surface area (Å²) in [6, 6.07) is 6.91. The van der Waals surface area contributed by atoms with Gasteiger partial charge in [0.05, 0.1) is 13.2 Å². The van der Waals surface area contributed by atoms with Gasteiger partial charge in [0.15, 0.2) is 5.96 Å². The number of rotatable bonds is 10. The number of methoxy groups -OCH3 is 1. The first kappa shape index (κ1) is 19.7. The first-order valence-corrected chi connectivity index (χ1v) is 8.97. The average molecular weight is 351 g/mol. The minimum Gasteiger partial charge on any atom is -0.382 e. The van der Waals surface area contributed by atoms with E-state index in [0.717, 1.165) is 38.3 Å². The maximum absolute atomic E-state index is 13.2. The first-order chi connectivity index (χ1) is 12.2. The van der Waals surface area contributed by atoms with Gasteiger partial charge in [0, 0.05) is 39.3 Å². The van der Waals surface area contributed by atoms with Gasteiger partial charge in [-0.05, 0) is 37.0 Å². The molecule has 0 radical (unpaired) electrons. The molecule has 0 unspecified atom stereocenters. The van der Waals surface area contributed by atoms with Crippen LogP contribution in [0.3, 0.4) is 0 Å². The number of aliphatic imine (C=N–C) groups is 1. The van der Waals surface area contributed by atoms with E-state index in [0.29, 0.717) is 19.8 Å². The Bertz CT molecular complexity index is 530. The van der Waals surface area contributed by atoms with Crippen LogP contribution in [0.25, 0.3) is 0 Å². The van der Waals surface area contributed by atoms with Gasteiger partial charge in [-0.3, -0.25) is 4.99 Å². The van der Waals surface area contributed by atoms with Gasteiger partial charge in [-0.2, -0.15) is 0 Å². The highest BCUT2D eigenvalue weighted by Crippen LogP contribution is 2.43. The lowest BCUT2D eigenvalue weighted by Gasteiger charge is -2.43. The molecule has 1 aliphatic carbocycles. The van der Waals surface area contributed by atoms with Crippen molar-refractivity contribution in [3.63, 3.8) is 0 Å². The molecule has 0 spiro atoms. The van der Waals surface area contributed by atoms with Crippen LogP contribution >= 0.6 is 0 Å². The van der Waals surface area contributed by atoms with Crippen molar-refractivity contribution >= 4 is 5.96 Å². The standard InChI is InChI=1S/C19H30FN3O2/c1-21-18(22-11-4-12-25-14-13-24-2)23-15-19(9-3-10-19)16-5-7-17(20)8-6-16/h5-8H,3-4,9-15H2,1-2H3,(H2,21,22,23). The van der Waals surface area contributed by atoms with E-state index in [1.807, 2.05) is 12.1 Å². The molecule has 1 aromatic rings. The Hall–Kier alpha value is -1.66. The lowest BCUT2D eigenvalue weighted by Crippen LogP contribution is -2.49. The summed E-state index contributed by atoms with van der Waals surface area (Å²) >= 11 is 0. The molecule has 25 heavy (non-hydrogen) atoms. The van der Waals surface area contributed by atoms with Crippen LogP contribution in [0, 0.1) is 5.82 Å². The second-order valence-electron chi connectivity index (χ2n) is 6.45.